The topological polar surface area (TPSA) is 0 Å². The van der Waals surface area contributed by atoms with E-state index in [0.29, 0.717) is 5.41 Å². The van der Waals surface area contributed by atoms with E-state index in [2.05, 4.69) is 38.1 Å². The molecule has 1 fully saturated rings. The van der Waals surface area contributed by atoms with Crippen LogP contribution in [0.4, 0.5) is 0 Å². The Labute approximate surface area is 93.7 Å². The molecule has 0 atom stereocenters. The second-order valence-corrected chi connectivity index (χ2v) is 5.21. The van der Waals surface area contributed by atoms with Crippen LogP contribution >= 0.6 is 0 Å². The van der Waals surface area contributed by atoms with Crippen LogP contribution < -0.4 is 0 Å². The highest BCUT2D eigenvalue weighted by molar-refractivity contribution is 5.29. The molecule has 0 spiro atoms. The minimum atomic E-state index is 0.477. The molecule has 1 aliphatic rings. The summed E-state index contributed by atoms with van der Waals surface area (Å²) in [4.78, 5) is 0. The molecule has 82 valence electrons. The first-order valence-corrected chi connectivity index (χ1v) is 6.34. The lowest BCUT2D eigenvalue weighted by Crippen LogP contribution is -2.16. The third kappa shape index (κ3) is 2.25. The Morgan fingerprint density at radius 2 is 1.67 bits per heavy atom. The van der Waals surface area contributed by atoms with Gasteiger partial charge in [0.25, 0.3) is 0 Å². The predicted octanol–water partition coefficient (Wildman–Crippen LogP) is 4.47. The zero-order valence-electron chi connectivity index (χ0n) is 10.1. The van der Waals surface area contributed by atoms with Gasteiger partial charge >= 0.3 is 0 Å². The summed E-state index contributed by atoms with van der Waals surface area (Å²) in [5, 5.41) is 0. The Balaban J connectivity index is 2.15. The smallest absolute Gasteiger partial charge is 0.00752 e. The molecule has 15 heavy (non-hydrogen) atoms. The number of rotatable bonds is 3. The third-order valence-electron chi connectivity index (χ3n) is 3.90. The standard InChI is InChI=1S/C15H22/c1-3-6-13-7-9-14(10-8-13)15(2)11-4-5-12-15/h7-10H,3-6,11-12H2,1-2H3. The van der Waals surface area contributed by atoms with Crippen molar-refractivity contribution in [2.75, 3.05) is 0 Å². The van der Waals surface area contributed by atoms with Gasteiger partial charge in [0, 0.05) is 0 Å². The fraction of sp³-hybridized carbons (Fsp3) is 0.600. The fourth-order valence-corrected chi connectivity index (χ4v) is 2.81. The minimum absolute atomic E-state index is 0.477. The molecule has 0 aromatic heterocycles. The lowest BCUT2D eigenvalue weighted by atomic mass is 9.81. The maximum absolute atomic E-state index is 2.43. The van der Waals surface area contributed by atoms with Crippen LogP contribution in [0.5, 0.6) is 0 Å². The fourth-order valence-electron chi connectivity index (χ4n) is 2.81. The van der Waals surface area contributed by atoms with Gasteiger partial charge in [0.05, 0.1) is 0 Å². The van der Waals surface area contributed by atoms with Crippen molar-refractivity contribution in [3.8, 4) is 0 Å². The van der Waals surface area contributed by atoms with E-state index in [0.717, 1.165) is 0 Å². The number of hydrogen-bond acceptors (Lipinski definition) is 0. The van der Waals surface area contributed by atoms with Crippen LogP contribution in [-0.4, -0.2) is 0 Å². The summed E-state index contributed by atoms with van der Waals surface area (Å²) in [6.07, 6.45) is 8.04. The van der Waals surface area contributed by atoms with Crippen LogP contribution in [-0.2, 0) is 11.8 Å². The molecular weight excluding hydrogens is 180 g/mol. The molecule has 0 radical (unpaired) electrons. The normalized spacial score (nSPS) is 19.3. The van der Waals surface area contributed by atoms with Gasteiger partial charge in [-0.25, -0.2) is 0 Å². The Bertz CT molecular complexity index is 301. The molecule has 1 aromatic carbocycles. The van der Waals surface area contributed by atoms with E-state index in [1.165, 1.54) is 44.1 Å². The van der Waals surface area contributed by atoms with Crippen molar-refractivity contribution in [2.24, 2.45) is 0 Å². The summed E-state index contributed by atoms with van der Waals surface area (Å²) < 4.78 is 0. The SMILES string of the molecule is CCCc1ccc(C2(C)CCCC2)cc1. The molecule has 0 bridgehead atoms. The van der Waals surface area contributed by atoms with E-state index < -0.39 is 0 Å². The maximum Gasteiger partial charge on any atom is -0.00752 e. The average Bonchev–Trinajstić information content (AvgIpc) is 2.68. The summed E-state index contributed by atoms with van der Waals surface area (Å²) in [6, 6.07) is 9.36. The van der Waals surface area contributed by atoms with Crippen molar-refractivity contribution >= 4 is 0 Å². The van der Waals surface area contributed by atoms with Gasteiger partial charge in [-0.05, 0) is 35.8 Å². The van der Waals surface area contributed by atoms with Gasteiger partial charge in [-0.2, -0.15) is 0 Å². The molecular formula is C15H22. The molecule has 0 N–H and O–H groups in total. The van der Waals surface area contributed by atoms with Gasteiger partial charge in [0.15, 0.2) is 0 Å². The summed E-state index contributed by atoms with van der Waals surface area (Å²) in [7, 11) is 0. The van der Waals surface area contributed by atoms with E-state index in [1.54, 1.807) is 5.56 Å². The summed E-state index contributed by atoms with van der Waals surface area (Å²) in [5.74, 6) is 0. The quantitative estimate of drug-likeness (QED) is 0.678. The van der Waals surface area contributed by atoms with E-state index in [-0.39, 0.29) is 0 Å². The number of benzene rings is 1. The Morgan fingerprint density at radius 1 is 1.07 bits per heavy atom. The molecule has 0 unspecified atom stereocenters. The maximum atomic E-state index is 2.43. The molecule has 0 aliphatic heterocycles. The van der Waals surface area contributed by atoms with Crippen LogP contribution in [0.2, 0.25) is 0 Å². The molecule has 2 rings (SSSR count). The van der Waals surface area contributed by atoms with Crippen molar-refractivity contribution in [3.05, 3.63) is 35.4 Å². The van der Waals surface area contributed by atoms with Crippen molar-refractivity contribution in [1.29, 1.82) is 0 Å². The van der Waals surface area contributed by atoms with Crippen LogP contribution in [0.25, 0.3) is 0 Å². The lowest BCUT2D eigenvalue weighted by molar-refractivity contribution is 0.491. The van der Waals surface area contributed by atoms with Crippen LogP contribution in [0.1, 0.15) is 57.1 Å². The zero-order valence-corrected chi connectivity index (χ0v) is 10.1. The Kier molecular flexibility index (Phi) is 3.14. The highest BCUT2D eigenvalue weighted by atomic mass is 14.3. The van der Waals surface area contributed by atoms with Gasteiger partial charge in [0.1, 0.15) is 0 Å². The molecule has 1 saturated carbocycles. The monoisotopic (exact) mass is 202 g/mol. The lowest BCUT2D eigenvalue weighted by Gasteiger charge is -2.24. The highest BCUT2D eigenvalue weighted by Gasteiger charge is 2.29. The van der Waals surface area contributed by atoms with Gasteiger partial charge in [-0.1, -0.05) is 57.4 Å². The predicted molar refractivity (Wildman–Crippen MR) is 66.3 cm³/mol. The minimum Gasteiger partial charge on any atom is -0.0651 e. The first kappa shape index (κ1) is 10.7. The Hall–Kier alpha value is -0.780. The van der Waals surface area contributed by atoms with Crippen LogP contribution in [0.15, 0.2) is 24.3 Å². The van der Waals surface area contributed by atoms with E-state index in [4.69, 9.17) is 0 Å². The average molecular weight is 202 g/mol. The Morgan fingerprint density at radius 3 is 2.20 bits per heavy atom. The largest absolute Gasteiger partial charge is 0.0651 e. The second-order valence-electron chi connectivity index (χ2n) is 5.21. The van der Waals surface area contributed by atoms with E-state index in [9.17, 15) is 0 Å². The molecule has 1 aliphatic carbocycles. The first-order valence-electron chi connectivity index (χ1n) is 6.34. The van der Waals surface area contributed by atoms with Gasteiger partial charge < -0.3 is 0 Å². The van der Waals surface area contributed by atoms with Gasteiger partial charge in [0.2, 0.25) is 0 Å². The third-order valence-corrected chi connectivity index (χ3v) is 3.90. The first-order chi connectivity index (χ1) is 7.24. The molecule has 0 amide bonds. The summed E-state index contributed by atoms with van der Waals surface area (Å²) in [6.45, 7) is 4.67. The number of hydrogen-bond donors (Lipinski definition) is 0. The van der Waals surface area contributed by atoms with Gasteiger partial charge in [-0.15, -0.1) is 0 Å². The molecule has 0 heterocycles. The summed E-state index contributed by atoms with van der Waals surface area (Å²) >= 11 is 0. The molecule has 0 saturated heterocycles. The van der Waals surface area contributed by atoms with Crippen molar-refractivity contribution in [2.45, 2.75) is 57.8 Å². The highest BCUT2D eigenvalue weighted by Crippen LogP contribution is 2.40. The molecule has 0 nitrogen and oxygen atoms in total. The van der Waals surface area contributed by atoms with Crippen molar-refractivity contribution < 1.29 is 0 Å². The number of aryl methyl sites for hydroxylation is 1. The van der Waals surface area contributed by atoms with Crippen LogP contribution in [0, 0.1) is 0 Å². The zero-order chi connectivity index (χ0) is 10.7. The molecule has 1 aromatic rings. The van der Waals surface area contributed by atoms with Gasteiger partial charge in [-0.3, -0.25) is 0 Å². The van der Waals surface area contributed by atoms with Crippen molar-refractivity contribution in [1.82, 2.24) is 0 Å². The van der Waals surface area contributed by atoms with E-state index >= 15 is 0 Å². The summed E-state index contributed by atoms with van der Waals surface area (Å²) in [5.41, 5.74) is 3.52. The van der Waals surface area contributed by atoms with E-state index in [1.807, 2.05) is 0 Å². The molecule has 0 heteroatoms. The second kappa shape index (κ2) is 4.38. The van der Waals surface area contributed by atoms with Crippen LogP contribution in [0.3, 0.4) is 0 Å². The van der Waals surface area contributed by atoms with Crippen molar-refractivity contribution in [3.63, 3.8) is 0 Å².